The second kappa shape index (κ2) is 6.26. The molecule has 0 aliphatic rings. The highest BCUT2D eigenvalue weighted by atomic mass is 16.5. The number of nitrogens with zero attached hydrogens (tertiary/aromatic N) is 4. The second-order valence-electron chi connectivity index (χ2n) is 4.83. The molecule has 3 aromatic rings. The number of rotatable bonds is 5. The zero-order valence-electron chi connectivity index (χ0n) is 12.3. The summed E-state index contributed by atoms with van der Waals surface area (Å²) in [5, 5.41) is 10.5. The SMILES string of the molecule is C[C@H](C(=O)NCc1nc(-c2cc[nH]c(=O)c2)no1)n1cccn1. The Kier molecular flexibility index (Phi) is 4.00. The molecule has 3 rings (SSSR count). The fraction of sp³-hybridized carbons (Fsp3) is 0.214. The number of carbonyl (C=O) groups excluding carboxylic acids is 1. The molecular weight excluding hydrogens is 300 g/mol. The summed E-state index contributed by atoms with van der Waals surface area (Å²) in [6, 6.07) is 4.33. The summed E-state index contributed by atoms with van der Waals surface area (Å²) in [6.45, 7) is 1.83. The summed E-state index contributed by atoms with van der Waals surface area (Å²) < 4.78 is 6.62. The van der Waals surface area contributed by atoms with Gasteiger partial charge in [-0.25, -0.2) is 0 Å². The van der Waals surface area contributed by atoms with Gasteiger partial charge < -0.3 is 14.8 Å². The Hall–Kier alpha value is -3.23. The zero-order valence-corrected chi connectivity index (χ0v) is 12.3. The molecule has 0 saturated heterocycles. The van der Waals surface area contributed by atoms with Gasteiger partial charge in [-0.1, -0.05) is 5.16 Å². The molecule has 0 bridgehead atoms. The molecule has 3 aromatic heterocycles. The third-order valence-electron chi connectivity index (χ3n) is 3.22. The highest BCUT2D eigenvalue weighted by molar-refractivity contribution is 5.79. The Bertz CT molecular complexity index is 851. The van der Waals surface area contributed by atoms with Crippen molar-refractivity contribution in [3.05, 3.63) is 53.0 Å². The van der Waals surface area contributed by atoms with Crippen LogP contribution in [0.3, 0.4) is 0 Å². The number of H-pyrrole nitrogens is 1. The fourth-order valence-corrected chi connectivity index (χ4v) is 1.97. The minimum atomic E-state index is -0.444. The van der Waals surface area contributed by atoms with Crippen LogP contribution in [0, 0.1) is 0 Å². The first-order valence-electron chi connectivity index (χ1n) is 6.92. The highest BCUT2D eigenvalue weighted by Gasteiger charge is 2.16. The lowest BCUT2D eigenvalue weighted by atomic mass is 10.2. The van der Waals surface area contributed by atoms with Crippen molar-refractivity contribution in [3.8, 4) is 11.4 Å². The Morgan fingerprint density at radius 1 is 1.52 bits per heavy atom. The van der Waals surface area contributed by atoms with Crippen LogP contribution in [0.2, 0.25) is 0 Å². The number of carbonyl (C=O) groups is 1. The fourth-order valence-electron chi connectivity index (χ4n) is 1.97. The zero-order chi connectivity index (χ0) is 16.2. The van der Waals surface area contributed by atoms with Gasteiger partial charge in [-0.15, -0.1) is 0 Å². The molecule has 0 spiro atoms. The van der Waals surface area contributed by atoms with E-state index in [9.17, 15) is 9.59 Å². The van der Waals surface area contributed by atoms with Crippen molar-refractivity contribution >= 4 is 5.91 Å². The maximum atomic E-state index is 12.0. The van der Waals surface area contributed by atoms with E-state index in [2.05, 4.69) is 25.5 Å². The Morgan fingerprint density at radius 3 is 3.13 bits per heavy atom. The van der Waals surface area contributed by atoms with Crippen LogP contribution in [0.25, 0.3) is 11.4 Å². The first kappa shape index (κ1) is 14.7. The third-order valence-corrected chi connectivity index (χ3v) is 3.22. The van der Waals surface area contributed by atoms with E-state index in [0.717, 1.165) is 0 Å². The van der Waals surface area contributed by atoms with E-state index in [1.165, 1.54) is 12.3 Å². The first-order valence-corrected chi connectivity index (χ1v) is 6.92. The van der Waals surface area contributed by atoms with E-state index in [0.29, 0.717) is 11.4 Å². The van der Waals surface area contributed by atoms with Crippen molar-refractivity contribution < 1.29 is 9.32 Å². The maximum absolute atomic E-state index is 12.0. The minimum Gasteiger partial charge on any atom is -0.345 e. The molecule has 0 radical (unpaired) electrons. The summed E-state index contributed by atoms with van der Waals surface area (Å²) >= 11 is 0. The molecule has 0 aliphatic heterocycles. The smallest absolute Gasteiger partial charge is 0.248 e. The summed E-state index contributed by atoms with van der Waals surface area (Å²) in [5.41, 5.74) is 0.287. The summed E-state index contributed by atoms with van der Waals surface area (Å²) in [5.74, 6) is 0.325. The number of pyridine rings is 1. The van der Waals surface area contributed by atoms with Gasteiger partial charge in [0.2, 0.25) is 23.2 Å². The minimum absolute atomic E-state index is 0.0978. The van der Waals surface area contributed by atoms with E-state index in [-0.39, 0.29) is 23.9 Å². The predicted octanol–water partition coefficient (Wildman–Crippen LogP) is 0.499. The van der Waals surface area contributed by atoms with E-state index in [1.807, 2.05) is 0 Å². The van der Waals surface area contributed by atoms with Crippen LogP contribution < -0.4 is 10.9 Å². The molecular formula is C14H14N6O3. The second-order valence-corrected chi connectivity index (χ2v) is 4.83. The molecule has 0 fully saturated rings. The van der Waals surface area contributed by atoms with Crippen molar-refractivity contribution in [1.82, 2.24) is 30.2 Å². The van der Waals surface area contributed by atoms with Gasteiger partial charge in [0.05, 0.1) is 6.54 Å². The number of hydrogen-bond acceptors (Lipinski definition) is 6. The van der Waals surface area contributed by atoms with Crippen LogP contribution in [0.15, 0.2) is 46.1 Å². The number of nitrogens with one attached hydrogen (secondary N) is 2. The average Bonchev–Trinajstić information content (AvgIpc) is 3.23. The summed E-state index contributed by atoms with van der Waals surface area (Å²) in [7, 11) is 0. The molecule has 0 saturated carbocycles. The molecule has 118 valence electrons. The van der Waals surface area contributed by atoms with Crippen LogP contribution in [0.5, 0.6) is 0 Å². The quantitative estimate of drug-likeness (QED) is 0.708. The van der Waals surface area contributed by atoms with Crippen LogP contribution in [-0.4, -0.2) is 30.8 Å². The summed E-state index contributed by atoms with van der Waals surface area (Å²) in [4.78, 5) is 29.9. The number of aromatic amines is 1. The third kappa shape index (κ3) is 3.34. The molecule has 0 aromatic carbocycles. The van der Waals surface area contributed by atoms with Crippen LogP contribution in [-0.2, 0) is 11.3 Å². The van der Waals surface area contributed by atoms with Crippen LogP contribution in [0.1, 0.15) is 18.9 Å². The number of hydrogen-bond donors (Lipinski definition) is 2. The molecule has 9 nitrogen and oxygen atoms in total. The van der Waals surface area contributed by atoms with Gasteiger partial charge in [-0.3, -0.25) is 14.3 Å². The lowest BCUT2D eigenvalue weighted by Gasteiger charge is -2.11. The van der Waals surface area contributed by atoms with E-state index < -0.39 is 6.04 Å². The lowest BCUT2D eigenvalue weighted by molar-refractivity contribution is -0.124. The molecule has 3 heterocycles. The normalized spacial score (nSPS) is 12.0. The summed E-state index contributed by atoms with van der Waals surface area (Å²) in [6.07, 6.45) is 4.82. The van der Waals surface area contributed by atoms with Gasteiger partial charge >= 0.3 is 0 Å². The topological polar surface area (TPSA) is 119 Å². The van der Waals surface area contributed by atoms with Crippen LogP contribution >= 0.6 is 0 Å². The van der Waals surface area contributed by atoms with Gasteiger partial charge in [0.1, 0.15) is 6.04 Å². The van der Waals surface area contributed by atoms with Crippen LogP contribution in [0.4, 0.5) is 0 Å². The van der Waals surface area contributed by atoms with Gasteiger partial charge in [0, 0.05) is 30.2 Å². The van der Waals surface area contributed by atoms with Gasteiger partial charge in [-0.05, 0) is 19.1 Å². The highest BCUT2D eigenvalue weighted by Crippen LogP contribution is 2.12. The Labute approximate surface area is 130 Å². The van der Waals surface area contributed by atoms with E-state index >= 15 is 0 Å². The number of amides is 1. The molecule has 2 N–H and O–H groups in total. The van der Waals surface area contributed by atoms with Crippen molar-refractivity contribution in [2.75, 3.05) is 0 Å². The van der Waals surface area contributed by atoms with Crippen molar-refractivity contribution in [2.24, 2.45) is 0 Å². The largest absolute Gasteiger partial charge is 0.345 e. The lowest BCUT2D eigenvalue weighted by Crippen LogP contribution is -2.30. The van der Waals surface area contributed by atoms with Gasteiger partial charge in [0.15, 0.2) is 0 Å². The molecule has 1 atom stereocenters. The molecule has 1 amide bonds. The van der Waals surface area contributed by atoms with Crippen molar-refractivity contribution in [3.63, 3.8) is 0 Å². The van der Waals surface area contributed by atoms with Crippen molar-refractivity contribution in [2.45, 2.75) is 19.5 Å². The van der Waals surface area contributed by atoms with Gasteiger partial charge in [-0.2, -0.15) is 10.1 Å². The van der Waals surface area contributed by atoms with Gasteiger partial charge in [0.25, 0.3) is 0 Å². The van der Waals surface area contributed by atoms with Crippen molar-refractivity contribution in [1.29, 1.82) is 0 Å². The Morgan fingerprint density at radius 2 is 2.39 bits per heavy atom. The molecule has 0 aliphatic carbocycles. The molecule has 0 unspecified atom stereocenters. The average molecular weight is 314 g/mol. The first-order chi connectivity index (χ1) is 11.1. The number of aromatic nitrogens is 5. The molecule has 23 heavy (non-hydrogen) atoms. The Balaban J connectivity index is 1.63. The maximum Gasteiger partial charge on any atom is 0.248 e. The molecule has 9 heteroatoms. The predicted molar refractivity (Wildman–Crippen MR) is 79.1 cm³/mol. The van der Waals surface area contributed by atoms with E-state index in [1.54, 1.807) is 36.1 Å². The van der Waals surface area contributed by atoms with E-state index in [4.69, 9.17) is 4.52 Å². The monoisotopic (exact) mass is 314 g/mol. The standard InChI is InChI=1S/C14H14N6O3/c1-9(20-6-2-4-17-20)14(22)16-8-12-18-13(19-23-12)10-3-5-15-11(21)7-10/h2-7,9H,8H2,1H3,(H,15,21)(H,16,22)/t9-/m1/s1.